The van der Waals surface area contributed by atoms with Gasteiger partial charge in [-0.3, -0.25) is 4.79 Å². The number of carbonyl (C=O) groups is 1. The first-order valence-electron chi connectivity index (χ1n) is 6.70. The fourth-order valence-corrected chi connectivity index (χ4v) is 1.73. The maximum Gasteiger partial charge on any atom is 0.253 e. The lowest BCUT2D eigenvalue weighted by atomic mass is 10.1. The zero-order valence-electron chi connectivity index (χ0n) is 12.1. The van der Waals surface area contributed by atoms with Crippen LogP contribution in [0.5, 0.6) is 0 Å². The molecule has 1 aromatic carbocycles. The predicted octanol–water partition coefficient (Wildman–Crippen LogP) is 1.68. The average molecular weight is 264 g/mol. The molecule has 0 bridgehead atoms. The van der Waals surface area contributed by atoms with Crippen LogP contribution in [0, 0.1) is 0 Å². The quantitative estimate of drug-likeness (QED) is 0.815. The van der Waals surface area contributed by atoms with E-state index in [0.717, 1.165) is 12.0 Å². The number of nitrogens with two attached hydrogens (primary N) is 1. The lowest BCUT2D eigenvalue weighted by Crippen LogP contribution is -2.30. The summed E-state index contributed by atoms with van der Waals surface area (Å²) in [5, 5.41) is 0. The van der Waals surface area contributed by atoms with Crippen molar-refractivity contribution in [3.05, 3.63) is 35.4 Å². The topological polar surface area (TPSA) is 55.6 Å². The van der Waals surface area contributed by atoms with E-state index in [1.807, 2.05) is 38.1 Å². The van der Waals surface area contributed by atoms with Crippen LogP contribution in [-0.2, 0) is 11.2 Å². The summed E-state index contributed by atoms with van der Waals surface area (Å²) in [6.07, 6.45) is 1.03. The molecule has 1 aromatic rings. The normalized spacial score (nSPS) is 10.8. The molecule has 1 rings (SSSR count). The SMILES string of the molecule is CC(C)OCCN(C)C(=O)c1ccc(CCN)cc1. The Bertz CT molecular complexity index is 388. The highest BCUT2D eigenvalue weighted by molar-refractivity contribution is 5.94. The van der Waals surface area contributed by atoms with E-state index in [4.69, 9.17) is 10.5 Å². The molecule has 0 heterocycles. The number of hydrogen-bond acceptors (Lipinski definition) is 3. The van der Waals surface area contributed by atoms with Crippen molar-refractivity contribution < 1.29 is 9.53 Å². The predicted molar refractivity (Wildman–Crippen MR) is 77.2 cm³/mol. The first-order chi connectivity index (χ1) is 9.04. The van der Waals surface area contributed by atoms with Gasteiger partial charge in [-0.1, -0.05) is 12.1 Å². The van der Waals surface area contributed by atoms with Crippen LogP contribution in [0.25, 0.3) is 0 Å². The van der Waals surface area contributed by atoms with Crippen LogP contribution < -0.4 is 5.73 Å². The summed E-state index contributed by atoms with van der Waals surface area (Å²) in [4.78, 5) is 13.8. The number of benzene rings is 1. The summed E-state index contributed by atoms with van der Waals surface area (Å²) in [6.45, 7) is 5.75. The van der Waals surface area contributed by atoms with E-state index in [2.05, 4.69) is 0 Å². The van der Waals surface area contributed by atoms with Gasteiger partial charge in [0.15, 0.2) is 0 Å². The number of likely N-dealkylation sites (N-methyl/N-ethyl adjacent to an activating group) is 1. The molecule has 0 aliphatic rings. The molecule has 0 atom stereocenters. The van der Waals surface area contributed by atoms with Crippen LogP contribution in [0.2, 0.25) is 0 Å². The molecule has 4 nitrogen and oxygen atoms in total. The number of amides is 1. The van der Waals surface area contributed by atoms with E-state index in [-0.39, 0.29) is 12.0 Å². The molecule has 0 saturated heterocycles. The van der Waals surface area contributed by atoms with Gasteiger partial charge in [0.1, 0.15) is 0 Å². The summed E-state index contributed by atoms with van der Waals surface area (Å²) < 4.78 is 5.44. The second-order valence-electron chi connectivity index (χ2n) is 4.88. The van der Waals surface area contributed by atoms with Crippen molar-refractivity contribution in [2.75, 3.05) is 26.7 Å². The van der Waals surface area contributed by atoms with Crippen molar-refractivity contribution in [2.45, 2.75) is 26.4 Å². The smallest absolute Gasteiger partial charge is 0.253 e. The maximum absolute atomic E-state index is 12.1. The summed E-state index contributed by atoms with van der Waals surface area (Å²) in [5.41, 5.74) is 7.36. The molecule has 0 radical (unpaired) electrons. The number of nitrogens with zero attached hydrogens (tertiary/aromatic N) is 1. The van der Waals surface area contributed by atoms with E-state index < -0.39 is 0 Å². The molecule has 0 aliphatic carbocycles. The molecule has 1 amide bonds. The molecule has 19 heavy (non-hydrogen) atoms. The van der Waals surface area contributed by atoms with Crippen LogP contribution in [0.4, 0.5) is 0 Å². The third kappa shape index (κ3) is 5.41. The number of ether oxygens (including phenoxy) is 1. The molecule has 0 unspecified atom stereocenters. The molecule has 0 saturated carbocycles. The Morgan fingerprint density at radius 2 is 1.95 bits per heavy atom. The number of carbonyl (C=O) groups excluding carboxylic acids is 1. The highest BCUT2D eigenvalue weighted by atomic mass is 16.5. The Kier molecular flexibility index (Phi) is 6.53. The molecule has 0 aliphatic heterocycles. The molecule has 4 heteroatoms. The Labute approximate surface area is 115 Å². The minimum atomic E-state index is 0.0201. The van der Waals surface area contributed by atoms with Gasteiger partial charge < -0.3 is 15.4 Å². The van der Waals surface area contributed by atoms with Crippen LogP contribution in [0.3, 0.4) is 0 Å². The van der Waals surface area contributed by atoms with Crippen molar-refractivity contribution in [2.24, 2.45) is 5.73 Å². The second-order valence-corrected chi connectivity index (χ2v) is 4.88. The van der Waals surface area contributed by atoms with E-state index in [0.29, 0.717) is 25.3 Å². The van der Waals surface area contributed by atoms with Crippen molar-refractivity contribution in [1.82, 2.24) is 4.90 Å². The lowest BCUT2D eigenvalue weighted by molar-refractivity contribution is 0.0532. The lowest BCUT2D eigenvalue weighted by Gasteiger charge is -2.18. The summed E-state index contributed by atoms with van der Waals surface area (Å²) in [5.74, 6) is 0.0201. The van der Waals surface area contributed by atoms with Gasteiger partial charge in [-0.15, -0.1) is 0 Å². The van der Waals surface area contributed by atoms with Crippen LogP contribution in [0.15, 0.2) is 24.3 Å². The van der Waals surface area contributed by atoms with Gasteiger partial charge in [0, 0.05) is 19.2 Å². The van der Waals surface area contributed by atoms with Gasteiger partial charge in [-0.25, -0.2) is 0 Å². The van der Waals surface area contributed by atoms with Gasteiger partial charge in [-0.2, -0.15) is 0 Å². The van der Waals surface area contributed by atoms with Crippen molar-refractivity contribution in [1.29, 1.82) is 0 Å². The Hall–Kier alpha value is -1.39. The zero-order valence-corrected chi connectivity index (χ0v) is 12.1. The van der Waals surface area contributed by atoms with Crippen molar-refractivity contribution in [3.63, 3.8) is 0 Å². The van der Waals surface area contributed by atoms with E-state index >= 15 is 0 Å². The summed E-state index contributed by atoms with van der Waals surface area (Å²) >= 11 is 0. The largest absolute Gasteiger partial charge is 0.377 e. The average Bonchev–Trinajstić information content (AvgIpc) is 2.38. The van der Waals surface area contributed by atoms with Gasteiger partial charge in [0.25, 0.3) is 5.91 Å². The Morgan fingerprint density at radius 3 is 2.47 bits per heavy atom. The van der Waals surface area contributed by atoms with Crippen LogP contribution in [-0.4, -0.2) is 43.7 Å². The highest BCUT2D eigenvalue weighted by Gasteiger charge is 2.11. The third-order valence-corrected chi connectivity index (χ3v) is 2.86. The van der Waals surface area contributed by atoms with Crippen molar-refractivity contribution in [3.8, 4) is 0 Å². The molecule has 0 aromatic heterocycles. The molecule has 106 valence electrons. The molecule has 0 fully saturated rings. The Balaban J connectivity index is 2.51. The number of rotatable bonds is 7. The second kappa shape index (κ2) is 7.92. The van der Waals surface area contributed by atoms with E-state index in [9.17, 15) is 4.79 Å². The van der Waals surface area contributed by atoms with E-state index in [1.165, 1.54) is 0 Å². The van der Waals surface area contributed by atoms with Gasteiger partial charge in [-0.05, 0) is 44.5 Å². The van der Waals surface area contributed by atoms with Crippen LogP contribution in [0.1, 0.15) is 29.8 Å². The molecular formula is C15H24N2O2. The molecular weight excluding hydrogens is 240 g/mol. The van der Waals surface area contributed by atoms with E-state index in [1.54, 1.807) is 11.9 Å². The highest BCUT2D eigenvalue weighted by Crippen LogP contribution is 2.07. The van der Waals surface area contributed by atoms with Crippen LogP contribution >= 0.6 is 0 Å². The summed E-state index contributed by atoms with van der Waals surface area (Å²) in [7, 11) is 1.79. The Morgan fingerprint density at radius 1 is 1.32 bits per heavy atom. The minimum absolute atomic E-state index is 0.0201. The van der Waals surface area contributed by atoms with Crippen molar-refractivity contribution >= 4 is 5.91 Å². The fraction of sp³-hybridized carbons (Fsp3) is 0.533. The molecule has 0 spiro atoms. The first kappa shape index (κ1) is 15.7. The van der Waals surface area contributed by atoms with Gasteiger partial charge in [0.2, 0.25) is 0 Å². The monoisotopic (exact) mass is 264 g/mol. The number of hydrogen-bond donors (Lipinski definition) is 1. The first-order valence-corrected chi connectivity index (χ1v) is 6.70. The van der Waals surface area contributed by atoms with Gasteiger partial charge >= 0.3 is 0 Å². The summed E-state index contributed by atoms with van der Waals surface area (Å²) in [6, 6.07) is 7.62. The van der Waals surface area contributed by atoms with Gasteiger partial charge in [0.05, 0.1) is 12.7 Å². The standard InChI is InChI=1S/C15H24N2O2/c1-12(2)19-11-10-17(3)15(18)14-6-4-13(5-7-14)8-9-16/h4-7,12H,8-11,16H2,1-3H3. The fourth-order valence-electron chi connectivity index (χ4n) is 1.73. The zero-order chi connectivity index (χ0) is 14.3. The molecule has 2 N–H and O–H groups in total. The third-order valence-electron chi connectivity index (χ3n) is 2.86. The minimum Gasteiger partial charge on any atom is -0.377 e. The maximum atomic E-state index is 12.1.